The lowest BCUT2D eigenvalue weighted by Gasteiger charge is -2.15. The molecule has 0 bridgehead atoms. The van der Waals surface area contributed by atoms with E-state index in [9.17, 15) is 4.79 Å². The predicted molar refractivity (Wildman–Crippen MR) is 104 cm³/mol. The molecule has 0 saturated carbocycles. The molecule has 27 heavy (non-hydrogen) atoms. The van der Waals surface area contributed by atoms with E-state index in [4.69, 9.17) is 4.74 Å². The van der Waals surface area contributed by atoms with Gasteiger partial charge in [0.1, 0.15) is 5.75 Å². The van der Waals surface area contributed by atoms with E-state index in [0.717, 1.165) is 30.8 Å². The van der Waals surface area contributed by atoms with Crippen molar-refractivity contribution in [3.63, 3.8) is 0 Å². The van der Waals surface area contributed by atoms with Crippen molar-refractivity contribution in [3.05, 3.63) is 72.6 Å². The number of aromatic nitrogens is 2. The quantitative estimate of drug-likeness (QED) is 0.647. The molecule has 4 rings (SSSR count). The third-order valence-electron chi connectivity index (χ3n) is 4.30. The maximum atomic E-state index is 12.4. The first-order valence-electron chi connectivity index (χ1n) is 8.91. The Kier molecular flexibility index (Phi) is 5.34. The number of benzene rings is 2. The normalized spacial score (nSPS) is 13.6. The van der Waals surface area contributed by atoms with E-state index in [-0.39, 0.29) is 5.91 Å². The SMILES string of the molecule is O=C(c1ccc(Oc2nccnc2Sc2ccccc2)cc1)N1CCCC1. The van der Waals surface area contributed by atoms with Crippen LogP contribution in [0.5, 0.6) is 11.6 Å². The second kappa shape index (κ2) is 8.22. The molecular weight excluding hydrogens is 358 g/mol. The van der Waals surface area contributed by atoms with Crippen molar-refractivity contribution in [1.82, 2.24) is 14.9 Å². The van der Waals surface area contributed by atoms with Crippen molar-refractivity contribution in [1.29, 1.82) is 0 Å². The smallest absolute Gasteiger partial charge is 0.253 e. The van der Waals surface area contributed by atoms with Gasteiger partial charge in [-0.3, -0.25) is 4.79 Å². The summed E-state index contributed by atoms with van der Waals surface area (Å²) in [7, 11) is 0. The Hall–Kier alpha value is -2.86. The molecule has 0 atom stereocenters. The molecule has 0 spiro atoms. The summed E-state index contributed by atoms with van der Waals surface area (Å²) in [5.74, 6) is 1.16. The van der Waals surface area contributed by atoms with Gasteiger partial charge in [-0.15, -0.1) is 0 Å². The van der Waals surface area contributed by atoms with Gasteiger partial charge in [0, 0.05) is 35.9 Å². The molecule has 0 N–H and O–H groups in total. The highest BCUT2D eigenvalue weighted by Gasteiger charge is 2.19. The van der Waals surface area contributed by atoms with Gasteiger partial charge < -0.3 is 9.64 Å². The standard InChI is InChI=1S/C21H19N3O2S/c25-21(24-14-4-5-15-24)16-8-10-17(11-9-16)26-19-20(23-13-12-22-19)27-18-6-2-1-3-7-18/h1-3,6-13H,4-5,14-15H2. The molecule has 0 aliphatic carbocycles. The van der Waals surface area contributed by atoms with Crippen LogP contribution in [0.1, 0.15) is 23.2 Å². The Bertz CT molecular complexity index is 910. The lowest BCUT2D eigenvalue weighted by atomic mass is 10.2. The summed E-state index contributed by atoms with van der Waals surface area (Å²) in [6.45, 7) is 1.69. The van der Waals surface area contributed by atoms with Gasteiger partial charge in [-0.25, -0.2) is 9.97 Å². The molecule has 0 unspecified atom stereocenters. The van der Waals surface area contributed by atoms with Crippen LogP contribution in [-0.2, 0) is 0 Å². The van der Waals surface area contributed by atoms with E-state index < -0.39 is 0 Å². The summed E-state index contributed by atoms with van der Waals surface area (Å²) in [4.78, 5) is 24.1. The van der Waals surface area contributed by atoms with Crippen molar-refractivity contribution in [2.45, 2.75) is 22.8 Å². The fourth-order valence-electron chi connectivity index (χ4n) is 2.93. The van der Waals surface area contributed by atoms with Crippen molar-refractivity contribution in [3.8, 4) is 11.6 Å². The summed E-state index contributed by atoms with van der Waals surface area (Å²) < 4.78 is 5.92. The summed E-state index contributed by atoms with van der Waals surface area (Å²) in [6, 6.07) is 17.2. The van der Waals surface area contributed by atoms with Gasteiger partial charge in [-0.1, -0.05) is 30.0 Å². The third-order valence-corrected chi connectivity index (χ3v) is 5.28. The number of nitrogens with zero attached hydrogens (tertiary/aromatic N) is 3. The van der Waals surface area contributed by atoms with E-state index in [0.29, 0.717) is 22.2 Å². The fourth-order valence-corrected chi connectivity index (χ4v) is 3.74. The molecule has 1 fully saturated rings. The summed E-state index contributed by atoms with van der Waals surface area (Å²) in [5, 5.41) is 0.695. The Morgan fingerprint density at radius 2 is 1.63 bits per heavy atom. The number of ether oxygens (including phenoxy) is 1. The van der Waals surface area contributed by atoms with Crippen LogP contribution < -0.4 is 4.74 Å². The van der Waals surface area contributed by atoms with Gasteiger partial charge in [-0.2, -0.15) is 0 Å². The van der Waals surface area contributed by atoms with E-state index >= 15 is 0 Å². The van der Waals surface area contributed by atoms with Crippen LogP contribution in [0.3, 0.4) is 0 Å². The number of hydrogen-bond donors (Lipinski definition) is 0. The van der Waals surface area contributed by atoms with Crippen molar-refractivity contribution in [2.24, 2.45) is 0 Å². The highest BCUT2D eigenvalue weighted by atomic mass is 32.2. The molecule has 2 aromatic carbocycles. The van der Waals surface area contributed by atoms with Crippen molar-refractivity contribution in [2.75, 3.05) is 13.1 Å². The van der Waals surface area contributed by atoms with Crippen LogP contribution >= 0.6 is 11.8 Å². The van der Waals surface area contributed by atoms with Crippen LogP contribution in [0.15, 0.2) is 76.9 Å². The zero-order chi connectivity index (χ0) is 18.5. The van der Waals surface area contributed by atoms with Gasteiger partial charge in [0.15, 0.2) is 5.03 Å². The Morgan fingerprint density at radius 1 is 0.926 bits per heavy atom. The highest BCUT2D eigenvalue weighted by molar-refractivity contribution is 7.99. The number of likely N-dealkylation sites (tertiary alicyclic amines) is 1. The summed E-state index contributed by atoms with van der Waals surface area (Å²) >= 11 is 1.50. The van der Waals surface area contributed by atoms with Crippen molar-refractivity contribution < 1.29 is 9.53 Å². The number of carbonyl (C=O) groups excluding carboxylic acids is 1. The van der Waals surface area contributed by atoms with Gasteiger partial charge in [0.05, 0.1) is 0 Å². The average molecular weight is 377 g/mol. The van der Waals surface area contributed by atoms with E-state index in [1.54, 1.807) is 36.7 Å². The van der Waals surface area contributed by atoms with Crippen LogP contribution in [0.2, 0.25) is 0 Å². The molecule has 3 aromatic rings. The first kappa shape index (κ1) is 17.5. The molecule has 1 aromatic heterocycles. The van der Waals surface area contributed by atoms with Gasteiger partial charge in [0.25, 0.3) is 11.8 Å². The molecule has 1 aliphatic rings. The zero-order valence-corrected chi connectivity index (χ0v) is 15.6. The summed E-state index contributed by atoms with van der Waals surface area (Å²) in [5.41, 5.74) is 0.683. The molecule has 2 heterocycles. The van der Waals surface area contributed by atoms with Gasteiger partial charge >= 0.3 is 0 Å². The fraction of sp³-hybridized carbons (Fsp3) is 0.190. The van der Waals surface area contributed by atoms with Crippen LogP contribution in [0, 0.1) is 0 Å². The maximum Gasteiger partial charge on any atom is 0.253 e. The third kappa shape index (κ3) is 4.28. The maximum absolute atomic E-state index is 12.4. The topological polar surface area (TPSA) is 55.3 Å². The molecule has 136 valence electrons. The summed E-state index contributed by atoms with van der Waals surface area (Å²) in [6.07, 6.45) is 5.43. The molecule has 1 saturated heterocycles. The van der Waals surface area contributed by atoms with E-state index in [2.05, 4.69) is 9.97 Å². The van der Waals surface area contributed by atoms with Crippen molar-refractivity contribution >= 4 is 17.7 Å². The molecule has 1 aliphatic heterocycles. The largest absolute Gasteiger partial charge is 0.437 e. The van der Waals surface area contributed by atoms with Gasteiger partial charge in [-0.05, 0) is 49.2 Å². The number of hydrogen-bond acceptors (Lipinski definition) is 5. The highest BCUT2D eigenvalue weighted by Crippen LogP contribution is 2.33. The Morgan fingerprint density at radius 3 is 2.37 bits per heavy atom. The van der Waals surface area contributed by atoms with E-state index in [1.807, 2.05) is 35.2 Å². The van der Waals surface area contributed by atoms with Crippen LogP contribution in [-0.4, -0.2) is 33.9 Å². The minimum absolute atomic E-state index is 0.0823. The first-order chi connectivity index (χ1) is 13.3. The minimum atomic E-state index is 0.0823. The number of carbonyl (C=O) groups is 1. The Balaban J connectivity index is 1.48. The van der Waals surface area contributed by atoms with Crippen LogP contribution in [0.25, 0.3) is 0 Å². The Labute approximate surface area is 162 Å². The second-order valence-corrected chi connectivity index (χ2v) is 7.27. The first-order valence-corrected chi connectivity index (χ1v) is 9.72. The van der Waals surface area contributed by atoms with Gasteiger partial charge in [0.2, 0.25) is 0 Å². The number of rotatable bonds is 5. The zero-order valence-electron chi connectivity index (χ0n) is 14.7. The predicted octanol–water partition coefficient (Wildman–Crippen LogP) is 4.66. The molecule has 0 radical (unpaired) electrons. The molecule has 6 heteroatoms. The number of amides is 1. The molecular formula is C21H19N3O2S. The second-order valence-electron chi connectivity index (χ2n) is 6.21. The monoisotopic (exact) mass is 377 g/mol. The lowest BCUT2D eigenvalue weighted by Crippen LogP contribution is -2.27. The lowest BCUT2D eigenvalue weighted by molar-refractivity contribution is 0.0793. The average Bonchev–Trinajstić information content (AvgIpc) is 3.25. The minimum Gasteiger partial charge on any atom is -0.437 e. The molecule has 5 nitrogen and oxygen atoms in total. The van der Waals surface area contributed by atoms with Crippen LogP contribution in [0.4, 0.5) is 0 Å². The molecule has 1 amide bonds. The van der Waals surface area contributed by atoms with E-state index in [1.165, 1.54) is 11.8 Å².